The molecule has 1 saturated carbocycles. The second-order valence-corrected chi connectivity index (χ2v) is 6.34. The Morgan fingerprint density at radius 1 is 1.25 bits per heavy atom. The molecule has 116 valence electrons. The van der Waals surface area contributed by atoms with Gasteiger partial charge in [-0.2, -0.15) is 0 Å². The molecule has 0 spiro atoms. The van der Waals surface area contributed by atoms with E-state index in [9.17, 15) is 0 Å². The zero-order valence-electron chi connectivity index (χ0n) is 13.2. The first kappa shape index (κ1) is 15.6. The SMILES string of the molecule is CCC1(CNC(=NC)NCCC2CCCO2)CCCC1. The Morgan fingerprint density at radius 3 is 2.65 bits per heavy atom. The van der Waals surface area contributed by atoms with E-state index in [1.807, 2.05) is 7.05 Å². The maximum absolute atomic E-state index is 5.64. The largest absolute Gasteiger partial charge is 0.378 e. The summed E-state index contributed by atoms with van der Waals surface area (Å²) in [4.78, 5) is 4.33. The fourth-order valence-electron chi connectivity index (χ4n) is 3.50. The number of nitrogens with zero attached hydrogens (tertiary/aromatic N) is 1. The van der Waals surface area contributed by atoms with Gasteiger partial charge in [0.05, 0.1) is 6.10 Å². The molecule has 2 fully saturated rings. The minimum Gasteiger partial charge on any atom is -0.378 e. The number of rotatable bonds is 6. The Hall–Kier alpha value is -0.770. The summed E-state index contributed by atoms with van der Waals surface area (Å²) in [5.74, 6) is 0.947. The van der Waals surface area contributed by atoms with Crippen molar-refractivity contribution in [3.63, 3.8) is 0 Å². The third-order valence-electron chi connectivity index (χ3n) is 5.05. The number of hydrogen-bond donors (Lipinski definition) is 2. The lowest BCUT2D eigenvalue weighted by atomic mass is 9.83. The highest BCUT2D eigenvalue weighted by Gasteiger charge is 2.31. The van der Waals surface area contributed by atoms with Gasteiger partial charge in [0.2, 0.25) is 0 Å². The monoisotopic (exact) mass is 281 g/mol. The molecule has 4 nitrogen and oxygen atoms in total. The molecule has 0 aromatic heterocycles. The fraction of sp³-hybridized carbons (Fsp3) is 0.938. The highest BCUT2D eigenvalue weighted by atomic mass is 16.5. The Kier molecular flexibility index (Phi) is 6.14. The molecule has 1 atom stereocenters. The normalized spacial score (nSPS) is 25.9. The van der Waals surface area contributed by atoms with Crippen molar-refractivity contribution in [2.24, 2.45) is 10.4 Å². The Balaban J connectivity index is 1.66. The second-order valence-electron chi connectivity index (χ2n) is 6.34. The smallest absolute Gasteiger partial charge is 0.190 e. The molecule has 1 unspecified atom stereocenters. The second kappa shape index (κ2) is 7.87. The van der Waals surface area contributed by atoms with E-state index in [2.05, 4.69) is 22.5 Å². The van der Waals surface area contributed by atoms with Crippen molar-refractivity contribution in [2.45, 2.75) is 64.4 Å². The maximum Gasteiger partial charge on any atom is 0.190 e. The summed E-state index contributed by atoms with van der Waals surface area (Å²) in [5.41, 5.74) is 0.506. The fourth-order valence-corrected chi connectivity index (χ4v) is 3.50. The number of aliphatic imine (C=N–C) groups is 1. The van der Waals surface area contributed by atoms with Crippen LogP contribution < -0.4 is 10.6 Å². The molecule has 2 N–H and O–H groups in total. The lowest BCUT2D eigenvalue weighted by molar-refractivity contribution is 0.105. The summed E-state index contributed by atoms with van der Waals surface area (Å²) in [6, 6.07) is 0. The van der Waals surface area contributed by atoms with Crippen LogP contribution in [-0.4, -0.2) is 38.8 Å². The van der Waals surface area contributed by atoms with Gasteiger partial charge in [-0.25, -0.2) is 0 Å². The highest BCUT2D eigenvalue weighted by molar-refractivity contribution is 5.79. The van der Waals surface area contributed by atoms with E-state index >= 15 is 0 Å². The minimum absolute atomic E-state index is 0.456. The van der Waals surface area contributed by atoms with Crippen LogP contribution in [0.2, 0.25) is 0 Å². The molecular formula is C16H31N3O. The Labute approximate surface area is 123 Å². The van der Waals surface area contributed by atoms with E-state index < -0.39 is 0 Å². The highest BCUT2D eigenvalue weighted by Crippen LogP contribution is 2.40. The predicted octanol–water partition coefficient (Wildman–Crippen LogP) is 2.69. The standard InChI is InChI=1S/C16H31N3O/c1-3-16(9-4-5-10-16)13-19-15(17-2)18-11-8-14-7-6-12-20-14/h14H,3-13H2,1-2H3,(H2,17,18,19). The predicted molar refractivity (Wildman–Crippen MR) is 84.1 cm³/mol. The van der Waals surface area contributed by atoms with Crippen LogP contribution in [0.3, 0.4) is 0 Å². The van der Waals surface area contributed by atoms with E-state index in [0.717, 1.165) is 32.1 Å². The number of nitrogens with one attached hydrogen (secondary N) is 2. The first-order valence-electron chi connectivity index (χ1n) is 8.34. The van der Waals surface area contributed by atoms with Crippen molar-refractivity contribution in [3.05, 3.63) is 0 Å². The van der Waals surface area contributed by atoms with E-state index in [1.54, 1.807) is 0 Å². The summed E-state index contributed by atoms with van der Waals surface area (Å²) in [6.45, 7) is 5.27. The van der Waals surface area contributed by atoms with Crippen LogP contribution in [0.4, 0.5) is 0 Å². The molecule has 2 rings (SSSR count). The van der Waals surface area contributed by atoms with Gasteiger partial charge in [-0.15, -0.1) is 0 Å². The average molecular weight is 281 g/mol. The van der Waals surface area contributed by atoms with Crippen molar-refractivity contribution in [2.75, 3.05) is 26.7 Å². The van der Waals surface area contributed by atoms with E-state index in [1.165, 1.54) is 44.9 Å². The first-order chi connectivity index (χ1) is 9.78. The number of ether oxygens (including phenoxy) is 1. The van der Waals surface area contributed by atoms with Crippen molar-refractivity contribution in [1.82, 2.24) is 10.6 Å². The van der Waals surface area contributed by atoms with Crippen LogP contribution >= 0.6 is 0 Å². The van der Waals surface area contributed by atoms with Gasteiger partial charge in [0.15, 0.2) is 5.96 Å². The van der Waals surface area contributed by atoms with Gasteiger partial charge in [0, 0.05) is 26.7 Å². The molecule has 4 heteroatoms. The minimum atomic E-state index is 0.456. The van der Waals surface area contributed by atoms with E-state index in [4.69, 9.17) is 4.74 Å². The molecule has 20 heavy (non-hydrogen) atoms. The zero-order valence-corrected chi connectivity index (χ0v) is 13.2. The van der Waals surface area contributed by atoms with Crippen LogP contribution in [0.25, 0.3) is 0 Å². The van der Waals surface area contributed by atoms with E-state index in [-0.39, 0.29) is 0 Å². The van der Waals surface area contributed by atoms with Crippen LogP contribution in [-0.2, 0) is 4.74 Å². The molecule has 0 aromatic rings. The van der Waals surface area contributed by atoms with Gasteiger partial charge < -0.3 is 15.4 Å². The van der Waals surface area contributed by atoms with Gasteiger partial charge in [0.25, 0.3) is 0 Å². The molecule has 2 aliphatic rings. The third kappa shape index (κ3) is 4.37. The van der Waals surface area contributed by atoms with Gasteiger partial charge >= 0.3 is 0 Å². The summed E-state index contributed by atoms with van der Waals surface area (Å²) in [6.07, 6.45) is 10.8. The topological polar surface area (TPSA) is 45.7 Å². The Bertz CT molecular complexity index is 305. The lowest BCUT2D eigenvalue weighted by Crippen LogP contribution is -2.43. The summed E-state index contributed by atoms with van der Waals surface area (Å²) >= 11 is 0. The van der Waals surface area contributed by atoms with Crippen LogP contribution in [0, 0.1) is 5.41 Å². The summed E-state index contributed by atoms with van der Waals surface area (Å²) < 4.78 is 5.64. The number of guanidine groups is 1. The molecule has 0 bridgehead atoms. The van der Waals surface area contributed by atoms with Crippen LogP contribution in [0.15, 0.2) is 4.99 Å². The molecular weight excluding hydrogens is 250 g/mol. The molecule has 0 radical (unpaired) electrons. The quantitative estimate of drug-likeness (QED) is 0.581. The van der Waals surface area contributed by atoms with Gasteiger partial charge in [-0.05, 0) is 43.9 Å². The third-order valence-corrected chi connectivity index (χ3v) is 5.05. The van der Waals surface area contributed by atoms with Crippen LogP contribution in [0.5, 0.6) is 0 Å². The van der Waals surface area contributed by atoms with Crippen molar-refractivity contribution >= 4 is 5.96 Å². The van der Waals surface area contributed by atoms with Crippen molar-refractivity contribution in [1.29, 1.82) is 0 Å². The molecule has 0 aromatic carbocycles. The van der Waals surface area contributed by atoms with Crippen LogP contribution in [0.1, 0.15) is 58.3 Å². The van der Waals surface area contributed by atoms with Gasteiger partial charge in [-0.3, -0.25) is 4.99 Å². The van der Waals surface area contributed by atoms with Crippen molar-refractivity contribution in [3.8, 4) is 0 Å². The number of hydrogen-bond acceptors (Lipinski definition) is 2. The maximum atomic E-state index is 5.64. The molecule has 1 aliphatic carbocycles. The molecule has 0 amide bonds. The molecule has 1 aliphatic heterocycles. The molecule has 1 saturated heterocycles. The van der Waals surface area contributed by atoms with Crippen molar-refractivity contribution < 1.29 is 4.74 Å². The average Bonchev–Trinajstić information content (AvgIpc) is 3.14. The summed E-state index contributed by atoms with van der Waals surface area (Å²) in [7, 11) is 1.86. The Morgan fingerprint density at radius 2 is 2.05 bits per heavy atom. The lowest BCUT2D eigenvalue weighted by Gasteiger charge is -2.28. The zero-order chi connectivity index (χ0) is 14.3. The van der Waals surface area contributed by atoms with Gasteiger partial charge in [-0.1, -0.05) is 19.8 Å². The van der Waals surface area contributed by atoms with E-state index in [0.29, 0.717) is 11.5 Å². The van der Waals surface area contributed by atoms with Gasteiger partial charge in [0.1, 0.15) is 0 Å². The molecule has 1 heterocycles. The first-order valence-corrected chi connectivity index (χ1v) is 8.34. The summed E-state index contributed by atoms with van der Waals surface area (Å²) in [5, 5.41) is 6.95.